The van der Waals surface area contributed by atoms with Crippen molar-refractivity contribution < 1.29 is 13.2 Å². The number of nitrogens with zero attached hydrogens (tertiary/aromatic N) is 1. The fourth-order valence-corrected chi connectivity index (χ4v) is 2.95. The van der Waals surface area contributed by atoms with Crippen LogP contribution in [-0.2, 0) is 21.2 Å². The van der Waals surface area contributed by atoms with Crippen molar-refractivity contribution in [1.82, 2.24) is 0 Å². The summed E-state index contributed by atoms with van der Waals surface area (Å²) in [5.41, 5.74) is 1.08. The van der Waals surface area contributed by atoms with Gasteiger partial charge in [-0.15, -0.1) is 11.3 Å². The minimum atomic E-state index is -3.32. The smallest absolute Gasteiger partial charge is 0.231 e. The van der Waals surface area contributed by atoms with Crippen LogP contribution in [0.1, 0.15) is 4.88 Å². The molecule has 1 N–H and O–H groups in total. The van der Waals surface area contributed by atoms with E-state index < -0.39 is 10.0 Å². The Morgan fingerprint density at radius 2 is 2.05 bits per heavy atom. The molecule has 7 heteroatoms. The lowest BCUT2D eigenvalue weighted by atomic mass is 10.2. The molecule has 0 saturated carbocycles. The second kappa shape index (κ2) is 6.28. The first-order valence-corrected chi connectivity index (χ1v) is 8.95. The van der Waals surface area contributed by atoms with Gasteiger partial charge in [-0.2, -0.15) is 0 Å². The lowest BCUT2D eigenvalue weighted by Crippen LogP contribution is -2.25. The maximum atomic E-state index is 11.9. The van der Waals surface area contributed by atoms with E-state index in [2.05, 4.69) is 5.32 Å². The Hall–Kier alpha value is -1.86. The molecular formula is C14H16N2O3S2. The number of thiophene rings is 1. The highest BCUT2D eigenvalue weighted by Crippen LogP contribution is 2.20. The van der Waals surface area contributed by atoms with Crippen LogP contribution in [0.25, 0.3) is 0 Å². The van der Waals surface area contributed by atoms with Gasteiger partial charge in [-0.3, -0.25) is 9.10 Å². The Morgan fingerprint density at radius 1 is 1.29 bits per heavy atom. The Kier molecular flexibility index (Phi) is 4.64. The van der Waals surface area contributed by atoms with Gasteiger partial charge in [0.2, 0.25) is 15.9 Å². The Labute approximate surface area is 128 Å². The summed E-state index contributed by atoms with van der Waals surface area (Å²) in [6.45, 7) is 0. The molecule has 0 bridgehead atoms. The minimum absolute atomic E-state index is 0.128. The fourth-order valence-electron chi connectivity index (χ4n) is 1.75. The molecule has 1 amide bonds. The van der Waals surface area contributed by atoms with Crippen molar-refractivity contribution >= 4 is 38.6 Å². The first-order chi connectivity index (χ1) is 9.86. The second-order valence-electron chi connectivity index (χ2n) is 4.59. The summed E-state index contributed by atoms with van der Waals surface area (Å²) in [5, 5.41) is 4.69. The molecule has 1 aromatic heterocycles. The van der Waals surface area contributed by atoms with E-state index in [4.69, 9.17) is 0 Å². The van der Waals surface area contributed by atoms with Crippen molar-refractivity contribution in [2.75, 3.05) is 22.9 Å². The van der Waals surface area contributed by atoms with Crippen LogP contribution in [0, 0.1) is 0 Å². The summed E-state index contributed by atoms with van der Waals surface area (Å²) in [6, 6.07) is 10.5. The van der Waals surface area contributed by atoms with E-state index in [9.17, 15) is 13.2 Å². The number of benzene rings is 1. The Morgan fingerprint density at radius 3 is 2.67 bits per heavy atom. The van der Waals surface area contributed by atoms with Crippen molar-refractivity contribution in [2.45, 2.75) is 6.42 Å². The molecule has 1 aromatic carbocycles. The van der Waals surface area contributed by atoms with E-state index in [-0.39, 0.29) is 5.91 Å². The highest BCUT2D eigenvalue weighted by Gasteiger charge is 2.12. The monoisotopic (exact) mass is 324 g/mol. The molecule has 1 heterocycles. The number of rotatable bonds is 5. The summed E-state index contributed by atoms with van der Waals surface area (Å²) in [6.07, 6.45) is 1.44. The zero-order valence-electron chi connectivity index (χ0n) is 11.7. The minimum Gasteiger partial charge on any atom is -0.326 e. The highest BCUT2D eigenvalue weighted by atomic mass is 32.2. The molecule has 112 valence electrons. The van der Waals surface area contributed by atoms with Crippen LogP contribution >= 0.6 is 11.3 Å². The molecule has 0 atom stereocenters. The largest absolute Gasteiger partial charge is 0.326 e. The quantitative estimate of drug-likeness (QED) is 0.918. The van der Waals surface area contributed by atoms with Crippen LogP contribution in [0.2, 0.25) is 0 Å². The van der Waals surface area contributed by atoms with Gasteiger partial charge in [-0.1, -0.05) is 12.1 Å². The average Bonchev–Trinajstić information content (AvgIpc) is 2.89. The number of carbonyl (C=O) groups is 1. The highest BCUT2D eigenvalue weighted by molar-refractivity contribution is 7.92. The summed E-state index contributed by atoms with van der Waals surface area (Å²) >= 11 is 1.52. The van der Waals surface area contributed by atoms with E-state index in [1.165, 1.54) is 22.7 Å². The summed E-state index contributed by atoms with van der Waals surface area (Å²) in [4.78, 5) is 12.9. The molecule has 0 spiro atoms. The third kappa shape index (κ3) is 4.30. The van der Waals surface area contributed by atoms with E-state index in [1.54, 1.807) is 24.3 Å². The summed E-state index contributed by atoms with van der Waals surface area (Å²) in [7, 11) is -1.85. The molecule has 0 fully saturated rings. The number of nitrogens with one attached hydrogen (secondary N) is 1. The Bertz CT molecular complexity index is 724. The molecule has 0 radical (unpaired) electrons. The number of amides is 1. The number of anilines is 2. The van der Waals surface area contributed by atoms with Crippen LogP contribution in [0.3, 0.4) is 0 Å². The standard InChI is InChI=1S/C14H16N2O3S2/c1-16(21(2,18)19)12-6-3-5-11(9-12)15-14(17)10-13-7-4-8-20-13/h3-9H,10H2,1-2H3,(H,15,17). The number of hydrogen-bond donors (Lipinski definition) is 1. The molecule has 21 heavy (non-hydrogen) atoms. The van der Waals surface area contributed by atoms with Crippen LogP contribution < -0.4 is 9.62 Å². The normalized spacial score (nSPS) is 11.1. The van der Waals surface area contributed by atoms with Gasteiger partial charge in [0.15, 0.2) is 0 Å². The first kappa shape index (κ1) is 15.5. The van der Waals surface area contributed by atoms with Crippen molar-refractivity contribution in [2.24, 2.45) is 0 Å². The number of carbonyl (C=O) groups excluding carboxylic acids is 1. The van der Waals surface area contributed by atoms with Gasteiger partial charge in [0.25, 0.3) is 0 Å². The molecule has 5 nitrogen and oxygen atoms in total. The molecule has 2 rings (SSSR count). The number of sulfonamides is 1. The maximum Gasteiger partial charge on any atom is 0.231 e. The number of hydrogen-bond acceptors (Lipinski definition) is 4. The average molecular weight is 324 g/mol. The van der Waals surface area contributed by atoms with Gasteiger partial charge in [0, 0.05) is 17.6 Å². The molecule has 0 aliphatic heterocycles. The van der Waals surface area contributed by atoms with E-state index in [0.717, 1.165) is 11.1 Å². The first-order valence-electron chi connectivity index (χ1n) is 6.22. The van der Waals surface area contributed by atoms with Gasteiger partial charge in [-0.25, -0.2) is 8.42 Å². The molecular weight excluding hydrogens is 308 g/mol. The fraction of sp³-hybridized carbons (Fsp3) is 0.214. The van der Waals surface area contributed by atoms with Gasteiger partial charge >= 0.3 is 0 Å². The third-order valence-corrected chi connectivity index (χ3v) is 4.99. The SMILES string of the molecule is CN(c1cccc(NC(=O)Cc2cccs2)c1)S(C)(=O)=O. The van der Waals surface area contributed by atoms with Crippen LogP contribution in [0.4, 0.5) is 11.4 Å². The van der Waals surface area contributed by atoms with Crippen LogP contribution in [-0.4, -0.2) is 27.6 Å². The maximum absolute atomic E-state index is 11.9. The van der Waals surface area contributed by atoms with Gasteiger partial charge < -0.3 is 5.32 Å². The molecule has 2 aromatic rings. The topological polar surface area (TPSA) is 66.5 Å². The van der Waals surface area contributed by atoms with Crippen molar-refractivity contribution in [3.05, 3.63) is 46.7 Å². The zero-order valence-corrected chi connectivity index (χ0v) is 13.4. The lowest BCUT2D eigenvalue weighted by molar-refractivity contribution is -0.115. The van der Waals surface area contributed by atoms with Gasteiger partial charge in [-0.05, 0) is 29.6 Å². The molecule has 0 saturated heterocycles. The second-order valence-corrected chi connectivity index (χ2v) is 7.63. The predicted octanol–water partition coefficient (Wildman–Crippen LogP) is 2.33. The molecule has 0 unspecified atom stereocenters. The molecule has 0 aliphatic carbocycles. The van der Waals surface area contributed by atoms with Crippen molar-refractivity contribution in [3.63, 3.8) is 0 Å². The van der Waals surface area contributed by atoms with Crippen molar-refractivity contribution in [1.29, 1.82) is 0 Å². The summed E-state index contributed by atoms with van der Waals surface area (Å²) < 4.78 is 24.2. The lowest BCUT2D eigenvalue weighted by Gasteiger charge is -2.17. The van der Waals surface area contributed by atoms with E-state index in [0.29, 0.717) is 17.8 Å². The van der Waals surface area contributed by atoms with E-state index in [1.807, 2.05) is 17.5 Å². The summed E-state index contributed by atoms with van der Waals surface area (Å²) in [5.74, 6) is -0.128. The van der Waals surface area contributed by atoms with Gasteiger partial charge in [0.1, 0.15) is 0 Å². The van der Waals surface area contributed by atoms with Crippen molar-refractivity contribution in [3.8, 4) is 0 Å². The van der Waals surface area contributed by atoms with Crippen LogP contribution in [0.15, 0.2) is 41.8 Å². The van der Waals surface area contributed by atoms with Gasteiger partial charge in [0.05, 0.1) is 18.4 Å². The third-order valence-electron chi connectivity index (χ3n) is 2.91. The predicted molar refractivity (Wildman–Crippen MR) is 86.3 cm³/mol. The van der Waals surface area contributed by atoms with Crippen LogP contribution in [0.5, 0.6) is 0 Å². The zero-order chi connectivity index (χ0) is 15.5. The van der Waals surface area contributed by atoms with E-state index >= 15 is 0 Å². The Balaban J connectivity index is 2.09. The molecule has 0 aliphatic rings.